The second kappa shape index (κ2) is 7.78. The van der Waals surface area contributed by atoms with Crippen LogP contribution < -0.4 is 19.7 Å². The smallest absolute Gasteiger partial charge is 0.257 e. The van der Waals surface area contributed by atoms with Gasteiger partial charge in [-0.25, -0.2) is 4.98 Å². The molecule has 3 rings (SSSR count). The zero-order valence-electron chi connectivity index (χ0n) is 14.3. The third-order valence-electron chi connectivity index (χ3n) is 4.11. The highest BCUT2D eigenvalue weighted by Crippen LogP contribution is 2.21. The summed E-state index contributed by atoms with van der Waals surface area (Å²) in [5.74, 6) is 1.27. The molecule has 1 saturated heterocycles. The van der Waals surface area contributed by atoms with Gasteiger partial charge >= 0.3 is 0 Å². The Labute approximate surface area is 146 Å². The van der Waals surface area contributed by atoms with Crippen LogP contribution in [0, 0.1) is 0 Å². The zero-order chi connectivity index (χ0) is 17.6. The Morgan fingerprint density at radius 2 is 2.16 bits per heavy atom. The molecule has 0 aliphatic carbocycles. The first-order valence-corrected chi connectivity index (χ1v) is 8.12. The first-order chi connectivity index (χ1) is 12.2. The largest absolute Gasteiger partial charge is 0.481 e. The Morgan fingerprint density at radius 1 is 1.28 bits per heavy atom. The maximum atomic E-state index is 12.6. The summed E-state index contributed by atoms with van der Waals surface area (Å²) in [4.78, 5) is 27.3. The number of aromatic nitrogens is 3. The van der Waals surface area contributed by atoms with E-state index in [1.54, 1.807) is 30.7 Å². The van der Waals surface area contributed by atoms with Crippen LogP contribution in [0.25, 0.3) is 0 Å². The van der Waals surface area contributed by atoms with Crippen molar-refractivity contribution in [2.24, 2.45) is 0 Å². The molecule has 3 heterocycles. The first kappa shape index (κ1) is 16.9. The van der Waals surface area contributed by atoms with Gasteiger partial charge in [0.15, 0.2) is 0 Å². The number of amides is 1. The van der Waals surface area contributed by atoms with Gasteiger partial charge in [0.1, 0.15) is 11.4 Å². The number of piperidine rings is 1. The van der Waals surface area contributed by atoms with E-state index in [1.807, 2.05) is 0 Å². The topological polar surface area (TPSA) is 89.5 Å². The van der Waals surface area contributed by atoms with Crippen LogP contribution in [0.4, 0.5) is 5.82 Å². The number of rotatable bonds is 5. The lowest BCUT2D eigenvalue weighted by atomic mass is 10.1. The Bertz CT molecular complexity index is 725. The van der Waals surface area contributed by atoms with Gasteiger partial charge in [0.25, 0.3) is 5.91 Å². The highest BCUT2D eigenvalue weighted by molar-refractivity contribution is 5.96. The molecule has 1 fully saturated rings. The highest BCUT2D eigenvalue weighted by Gasteiger charge is 2.24. The van der Waals surface area contributed by atoms with Crippen molar-refractivity contribution in [2.75, 3.05) is 32.2 Å². The summed E-state index contributed by atoms with van der Waals surface area (Å²) in [5, 5.41) is 3.06. The van der Waals surface area contributed by atoms with Crippen molar-refractivity contribution < 1.29 is 14.3 Å². The van der Waals surface area contributed by atoms with E-state index in [9.17, 15) is 4.79 Å². The van der Waals surface area contributed by atoms with Crippen molar-refractivity contribution >= 4 is 11.7 Å². The van der Waals surface area contributed by atoms with Crippen LogP contribution in [0.15, 0.2) is 30.7 Å². The summed E-state index contributed by atoms with van der Waals surface area (Å²) < 4.78 is 10.3. The van der Waals surface area contributed by atoms with E-state index in [0.29, 0.717) is 18.0 Å². The average Bonchev–Trinajstić information content (AvgIpc) is 2.68. The fourth-order valence-corrected chi connectivity index (χ4v) is 2.89. The lowest BCUT2D eigenvalue weighted by molar-refractivity contribution is 0.0929. The summed E-state index contributed by atoms with van der Waals surface area (Å²) in [5.41, 5.74) is 0.389. The lowest BCUT2D eigenvalue weighted by Gasteiger charge is -2.33. The van der Waals surface area contributed by atoms with Crippen LogP contribution in [0.5, 0.6) is 11.8 Å². The van der Waals surface area contributed by atoms with Gasteiger partial charge in [0.2, 0.25) is 11.8 Å². The van der Waals surface area contributed by atoms with Gasteiger partial charge in [-0.3, -0.25) is 9.78 Å². The molecular formula is C17H21N5O3. The zero-order valence-corrected chi connectivity index (χ0v) is 14.3. The minimum Gasteiger partial charge on any atom is -0.481 e. The Kier molecular flexibility index (Phi) is 5.27. The number of nitrogens with zero attached hydrogens (tertiary/aromatic N) is 4. The van der Waals surface area contributed by atoms with Crippen LogP contribution in [-0.4, -0.2) is 54.2 Å². The summed E-state index contributed by atoms with van der Waals surface area (Å²) in [7, 11) is 3.00. The monoisotopic (exact) mass is 343 g/mol. The maximum absolute atomic E-state index is 12.6. The maximum Gasteiger partial charge on any atom is 0.257 e. The van der Waals surface area contributed by atoms with Crippen molar-refractivity contribution in [2.45, 2.75) is 18.9 Å². The molecule has 0 unspecified atom stereocenters. The Hall–Kier alpha value is -2.90. The van der Waals surface area contributed by atoms with E-state index in [0.717, 1.165) is 25.2 Å². The van der Waals surface area contributed by atoms with Gasteiger partial charge in [0, 0.05) is 37.6 Å². The number of hydrogen-bond acceptors (Lipinski definition) is 7. The van der Waals surface area contributed by atoms with Gasteiger partial charge in [0.05, 0.1) is 20.4 Å². The fraction of sp³-hybridized carbons (Fsp3) is 0.412. The van der Waals surface area contributed by atoms with Gasteiger partial charge in [-0.15, -0.1) is 0 Å². The third kappa shape index (κ3) is 3.96. The molecule has 1 aliphatic heterocycles. The number of anilines is 1. The number of pyridine rings is 1. The molecule has 0 radical (unpaired) electrons. The van der Waals surface area contributed by atoms with Crippen LogP contribution in [-0.2, 0) is 0 Å². The molecule has 0 saturated carbocycles. The quantitative estimate of drug-likeness (QED) is 0.875. The van der Waals surface area contributed by atoms with Crippen molar-refractivity contribution in [3.8, 4) is 11.8 Å². The average molecular weight is 343 g/mol. The molecule has 8 nitrogen and oxygen atoms in total. The van der Waals surface area contributed by atoms with Gasteiger partial charge in [-0.1, -0.05) is 0 Å². The predicted octanol–water partition coefficient (Wildman–Crippen LogP) is 1.29. The second-order valence-corrected chi connectivity index (χ2v) is 5.73. The van der Waals surface area contributed by atoms with E-state index in [4.69, 9.17) is 9.47 Å². The summed E-state index contributed by atoms with van der Waals surface area (Å²) in [6.07, 6.45) is 6.94. The van der Waals surface area contributed by atoms with Crippen LogP contribution in [0.2, 0.25) is 0 Å². The van der Waals surface area contributed by atoms with Crippen molar-refractivity contribution in [1.82, 2.24) is 20.3 Å². The molecule has 2 aromatic rings. The number of hydrogen-bond donors (Lipinski definition) is 1. The molecule has 8 heteroatoms. The number of carbonyl (C=O) groups is 1. The van der Waals surface area contributed by atoms with Crippen LogP contribution >= 0.6 is 0 Å². The molecule has 1 amide bonds. The standard InChI is InChI=1S/C17H21N5O3/c1-24-15-6-5-13(17(21-15)25-2)16(23)20-12-4-3-9-22(11-12)14-10-18-7-8-19-14/h5-8,10,12H,3-4,9,11H2,1-2H3,(H,20,23)/t12-/m0/s1. The molecule has 0 aromatic carbocycles. The highest BCUT2D eigenvalue weighted by atomic mass is 16.5. The van der Waals surface area contributed by atoms with Crippen molar-refractivity contribution in [1.29, 1.82) is 0 Å². The molecule has 1 N–H and O–H groups in total. The summed E-state index contributed by atoms with van der Waals surface area (Å²) >= 11 is 0. The minimum absolute atomic E-state index is 0.0232. The fourth-order valence-electron chi connectivity index (χ4n) is 2.89. The third-order valence-corrected chi connectivity index (χ3v) is 4.11. The molecule has 1 aliphatic rings. The van der Waals surface area contributed by atoms with Crippen LogP contribution in [0.3, 0.4) is 0 Å². The van der Waals surface area contributed by atoms with E-state index in [1.165, 1.54) is 14.2 Å². The molecule has 0 bridgehead atoms. The van der Waals surface area contributed by atoms with Crippen molar-refractivity contribution in [3.05, 3.63) is 36.3 Å². The van der Waals surface area contributed by atoms with E-state index in [2.05, 4.69) is 25.2 Å². The van der Waals surface area contributed by atoms with E-state index < -0.39 is 0 Å². The normalized spacial score (nSPS) is 17.0. The second-order valence-electron chi connectivity index (χ2n) is 5.73. The van der Waals surface area contributed by atoms with Crippen molar-refractivity contribution in [3.63, 3.8) is 0 Å². The SMILES string of the molecule is COc1ccc(C(=O)N[C@H]2CCCN(c3cnccn3)C2)c(OC)n1. The minimum atomic E-state index is -0.210. The van der Waals surface area contributed by atoms with E-state index in [-0.39, 0.29) is 17.8 Å². The van der Waals surface area contributed by atoms with Gasteiger partial charge < -0.3 is 19.7 Å². The van der Waals surface area contributed by atoms with E-state index >= 15 is 0 Å². The molecule has 132 valence electrons. The Balaban J connectivity index is 1.68. The number of ether oxygens (including phenoxy) is 2. The van der Waals surface area contributed by atoms with Gasteiger partial charge in [-0.2, -0.15) is 4.98 Å². The summed E-state index contributed by atoms with van der Waals surface area (Å²) in [6, 6.07) is 3.32. The number of nitrogens with one attached hydrogen (secondary N) is 1. The molecule has 0 spiro atoms. The lowest BCUT2D eigenvalue weighted by Crippen LogP contribution is -2.48. The molecule has 25 heavy (non-hydrogen) atoms. The van der Waals surface area contributed by atoms with Crippen LogP contribution in [0.1, 0.15) is 23.2 Å². The number of carbonyl (C=O) groups excluding carboxylic acids is 1. The Morgan fingerprint density at radius 3 is 2.88 bits per heavy atom. The number of methoxy groups -OCH3 is 2. The molecule has 1 atom stereocenters. The first-order valence-electron chi connectivity index (χ1n) is 8.12. The predicted molar refractivity (Wildman–Crippen MR) is 92.1 cm³/mol. The molecule has 2 aromatic heterocycles. The van der Waals surface area contributed by atoms with Gasteiger partial charge in [-0.05, 0) is 18.9 Å². The molecular weight excluding hydrogens is 322 g/mol. The summed E-state index contributed by atoms with van der Waals surface area (Å²) in [6.45, 7) is 1.59.